The van der Waals surface area contributed by atoms with Gasteiger partial charge in [0.15, 0.2) is 0 Å². The van der Waals surface area contributed by atoms with Crippen LogP contribution >= 0.6 is 0 Å². The lowest BCUT2D eigenvalue weighted by molar-refractivity contribution is -0.593. The Morgan fingerprint density at radius 3 is 2.69 bits per heavy atom. The summed E-state index contributed by atoms with van der Waals surface area (Å²) in [4.78, 5) is 0. The summed E-state index contributed by atoms with van der Waals surface area (Å²) in [5.41, 5.74) is 1.36. The van der Waals surface area contributed by atoms with Crippen LogP contribution in [-0.4, -0.2) is 34.7 Å². The first-order chi connectivity index (χ1) is 7.65. The third-order valence-electron chi connectivity index (χ3n) is 2.79. The minimum atomic E-state index is -0.764. The van der Waals surface area contributed by atoms with Gasteiger partial charge in [-0.2, -0.15) is 0 Å². The van der Waals surface area contributed by atoms with E-state index < -0.39 is 6.23 Å². The molecule has 0 aromatic heterocycles. The minimum Gasteiger partial charge on any atom is -0.507 e. The van der Waals surface area contributed by atoms with E-state index in [-0.39, 0.29) is 5.76 Å². The Morgan fingerprint density at radius 1 is 1.31 bits per heavy atom. The van der Waals surface area contributed by atoms with Gasteiger partial charge in [-0.3, -0.25) is 5.32 Å². The summed E-state index contributed by atoms with van der Waals surface area (Å²) in [6.07, 6.45) is 0.842. The van der Waals surface area contributed by atoms with Crippen LogP contribution in [0, 0.1) is 0 Å². The van der Waals surface area contributed by atoms with Crippen molar-refractivity contribution in [3.05, 3.63) is 41.5 Å². The van der Waals surface area contributed by atoms with Gasteiger partial charge < -0.3 is 10.2 Å². The predicted molar refractivity (Wildman–Crippen MR) is 62.3 cm³/mol. The number of aliphatic hydroxyl groups is 2. The molecule has 0 spiro atoms. The summed E-state index contributed by atoms with van der Waals surface area (Å²) in [7, 11) is 3.51. The lowest BCUT2D eigenvalue weighted by Crippen LogP contribution is -2.29. The number of fused-ring (bicyclic) bond motifs is 1. The number of hydrogen-bond donors (Lipinski definition) is 3. The van der Waals surface area contributed by atoms with Crippen molar-refractivity contribution < 1.29 is 14.8 Å². The van der Waals surface area contributed by atoms with Crippen LogP contribution in [-0.2, 0) is 0 Å². The van der Waals surface area contributed by atoms with Crippen molar-refractivity contribution in [1.82, 2.24) is 5.32 Å². The fourth-order valence-corrected chi connectivity index (χ4v) is 1.85. The zero-order valence-electron chi connectivity index (χ0n) is 9.31. The zero-order chi connectivity index (χ0) is 11.7. The highest BCUT2D eigenvalue weighted by Gasteiger charge is 2.25. The van der Waals surface area contributed by atoms with E-state index in [1.807, 2.05) is 12.1 Å². The molecule has 0 fully saturated rings. The van der Waals surface area contributed by atoms with Gasteiger partial charge in [-0.1, -0.05) is 24.3 Å². The van der Waals surface area contributed by atoms with Gasteiger partial charge in [-0.25, -0.2) is 4.58 Å². The van der Waals surface area contributed by atoms with E-state index in [9.17, 15) is 10.2 Å². The molecule has 4 nitrogen and oxygen atoms in total. The largest absolute Gasteiger partial charge is 0.507 e. The molecule has 1 aliphatic rings. The van der Waals surface area contributed by atoms with Gasteiger partial charge in [0.25, 0.3) is 5.84 Å². The Hall–Kier alpha value is -1.81. The number of nitrogens with one attached hydrogen (secondary N) is 1. The van der Waals surface area contributed by atoms with E-state index in [1.165, 1.54) is 0 Å². The van der Waals surface area contributed by atoms with Crippen LogP contribution in [0.15, 0.2) is 30.3 Å². The molecule has 84 valence electrons. The number of likely N-dealkylation sites (N-methyl/N-ethyl adjacent to an activating group) is 1. The Balaban J connectivity index is 2.65. The third-order valence-corrected chi connectivity index (χ3v) is 2.79. The first kappa shape index (κ1) is 10.7. The van der Waals surface area contributed by atoms with Crippen molar-refractivity contribution in [2.75, 3.05) is 14.1 Å². The molecule has 0 saturated carbocycles. The van der Waals surface area contributed by atoms with Gasteiger partial charge in [-0.15, -0.1) is 0 Å². The van der Waals surface area contributed by atoms with Crippen LogP contribution in [0.5, 0.6) is 0 Å². The number of rotatable bonds is 0. The van der Waals surface area contributed by atoms with Crippen LogP contribution < -0.4 is 5.32 Å². The normalized spacial score (nSPS) is 19.9. The Bertz CT molecular complexity index is 478. The van der Waals surface area contributed by atoms with E-state index in [4.69, 9.17) is 0 Å². The smallest absolute Gasteiger partial charge is 0.275 e. The second-order valence-electron chi connectivity index (χ2n) is 3.74. The minimum absolute atomic E-state index is 0.156. The highest BCUT2D eigenvalue weighted by Crippen LogP contribution is 2.25. The van der Waals surface area contributed by atoms with Crippen molar-refractivity contribution in [2.24, 2.45) is 0 Å². The van der Waals surface area contributed by atoms with E-state index in [1.54, 1.807) is 36.9 Å². The summed E-state index contributed by atoms with van der Waals surface area (Å²) in [5, 5.41) is 23.0. The van der Waals surface area contributed by atoms with Crippen LogP contribution in [0.2, 0.25) is 0 Å². The molecule has 3 N–H and O–H groups in total. The van der Waals surface area contributed by atoms with Gasteiger partial charge in [-0.05, 0) is 0 Å². The summed E-state index contributed by atoms with van der Waals surface area (Å²) >= 11 is 0. The van der Waals surface area contributed by atoms with E-state index in [0.29, 0.717) is 17.0 Å². The molecule has 0 amide bonds. The van der Waals surface area contributed by atoms with Crippen molar-refractivity contribution in [3.63, 3.8) is 0 Å². The highest BCUT2D eigenvalue weighted by molar-refractivity contribution is 5.95. The summed E-state index contributed by atoms with van der Waals surface area (Å²) in [6.45, 7) is 0. The second-order valence-corrected chi connectivity index (χ2v) is 3.74. The highest BCUT2D eigenvalue weighted by atomic mass is 16.3. The maximum atomic E-state index is 10.1. The van der Waals surface area contributed by atoms with E-state index in [2.05, 4.69) is 5.32 Å². The van der Waals surface area contributed by atoms with Crippen molar-refractivity contribution >= 4 is 11.6 Å². The quantitative estimate of drug-likeness (QED) is 0.567. The average Bonchev–Trinajstić information content (AvgIpc) is 2.41. The van der Waals surface area contributed by atoms with Crippen molar-refractivity contribution in [1.29, 1.82) is 0 Å². The second kappa shape index (κ2) is 3.98. The molecule has 1 heterocycles. The Morgan fingerprint density at radius 2 is 2.00 bits per heavy atom. The van der Waals surface area contributed by atoms with Gasteiger partial charge >= 0.3 is 0 Å². The molecular formula is C12H15N2O2+. The van der Waals surface area contributed by atoms with E-state index >= 15 is 0 Å². The molecular weight excluding hydrogens is 204 g/mol. The number of benzene rings is 1. The van der Waals surface area contributed by atoms with Gasteiger partial charge in [0, 0.05) is 11.1 Å². The van der Waals surface area contributed by atoms with Crippen LogP contribution in [0.1, 0.15) is 17.4 Å². The molecule has 0 saturated heterocycles. The lowest BCUT2D eigenvalue weighted by Gasteiger charge is -2.12. The fraction of sp³-hybridized carbons (Fsp3) is 0.250. The number of amidine groups is 1. The molecule has 1 aromatic carbocycles. The van der Waals surface area contributed by atoms with Gasteiger partial charge in [0.05, 0.1) is 20.2 Å². The molecule has 4 heteroatoms. The van der Waals surface area contributed by atoms with Crippen LogP contribution in [0.3, 0.4) is 0 Å². The fourth-order valence-electron chi connectivity index (χ4n) is 1.85. The molecule has 1 atom stereocenters. The maximum absolute atomic E-state index is 10.1. The van der Waals surface area contributed by atoms with Crippen LogP contribution in [0.25, 0.3) is 5.76 Å². The molecule has 0 bridgehead atoms. The number of hydrogen-bond acceptors (Lipinski definition) is 3. The van der Waals surface area contributed by atoms with Crippen molar-refractivity contribution in [3.8, 4) is 0 Å². The molecule has 0 radical (unpaired) electrons. The van der Waals surface area contributed by atoms with Gasteiger partial charge in [0.1, 0.15) is 5.76 Å². The third kappa shape index (κ3) is 1.57. The maximum Gasteiger partial charge on any atom is 0.275 e. The van der Waals surface area contributed by atoms with Crippen molar-refractivity contribution in [2.45, 2.75) is 6.23 Å². The predicted octanol–water partition coefficient (Wildman–Crippen LogP) is 0.850. The molecule has 0 aliphatic carbocycles. The Kier molecular flexibility index (Phi) is 2.66. The number of aliphatic hydroxyl groups excluding tert-OH is 2. The summed E-state index contributed by atoms with van der Waals surface area (Å²) in [6, 6.07) is 7.27. The molecule has 1 aliphatic heterocycles. The lowest BCUT2D eigenvalue weighted by atomic mass is 10.1. The monoisotopic (exact) mass is 219 g/mol. The average molecular weight is 219 g/mol. The topological polar surface area (TPSA) is 55.5 Å². The molecule has 16 heavy (non-hydrogen) atoms. The molecule has 2 rings (SSSR count). The first-order valence-electron chi connectivity index (χ1n) is 5.10. The van der Waals surface area contributed by atoms with Gasteiger partial charge in [0.2, 0.25) is 6.23 Å². The Labute approximate surface area is 94.2 Å². The van der Waals surface area contributed by atoms with Crippen LogP contribution in [0.4, 0.5) is 0 Å². The van der Waals surface area contributed by atoms with E-state index in [0.717, 1.165) is 0 Å². The molecule has 1 aromatic rings. The summed E-state index contributed by atoms with van der Waals surface area (Å²) in [5.74, 6) is 0.824. The molecule has 0 unspecified atom stereocenters. The standard InChI is InChI=1S/C12H14N2O2/c1-13-11-7-10(15)8-5-3-4-6-9(8)12(16)14(11)2/h3-7,12,16H,1-2H3,(H,13,15)/p+1/t12-/m1/s1. The summed E-state index contributed by atoms with van der Waals surface area (Å²) < 4.78 is 1.67. The number of nitrogens with zero attached hydrogens (tertiary/aromatic N) is 1. The first-order valence-corrected chi connectivity index (χ1v) is 5.10. The SMILES string of the molecule is CNC1=[N+](C)[C@H](O)c2ccccc2C(O)=C1. The zero-order valence-corrected chi connectivity index (χ0v) is 9.31.